The van der Waals surface area contributed by atoms with Crippen molar-refractivity contribution in [3.63, 3.8) is 0 Å². The summed E-state index contributed by atoms with van der Waals surface area (Å²) in [5.41, 5.74) is 0. The third-order valence-corrected chi connectivity index (χ3v) is 0. The molecule has 0 saturated heterocycles. The normalized spacial score (nSPS) is 8.29. The minimum absolute atomic E-state index is 0. The Balaban J connectivity index is -0.0000000800. The second-order valence-corrected chi connectivity index (χ2v) is 1.68. The molecule has 0 bridgehead atoms. The van der Waals surface area contributed by atoms with Gasteiger partial charge in [-0.25, -0.2) is 0 Å². The van der Waals surface area contributed by atoms with Crippen LogP contribution in [0.15, 0.2) is 0 Å². The van der Waals surface area contributed by atoms with E-state index in [1.165, 1.54) is 0 Å². The summed E-state index contributed by atoms with van der Waals surface area (Å²) in [4.78, 5) is 0. The predicted molar refractivity (Wildman–Crippen MR) is 1.37 cm³/mol. The molecule has 0 aromatic heterocycles. The van der Waals surface area contributed by atoms with Crippen LogP contribution in [0, 0.1) is 0 Å². The van der Waals surface area contributed by atoms with Gasteiger partial charge in [-0.05, 0) is 0 Å². The zero-order valence-electron chi connectivity index (χ0n) is 3.36. The van der Waals surface area contributed by atoms with Crippen LogP contribution in [0.2, 0.25) is 0 Å². The topological polar surface area (TPSA) is 80.3 Å². The first-order valence-electron chi connectivity index (χ1n) is 0.667. The van der Waals surface area contributed by atoms with Crippen LogP contribution in [-0.2, 0) is 37.7 Å². The van der Waals surface area contributed by atoms with Crippen molar-refractivity contribution in [2.45, 2.75) is 0 Å². The first kappa shape index (κ1) is 16.1. The van der Waals surface area contributed by atoms with Gasteiger partial charge >= 0.3 is 97.4 Å². The van der Waals surface area contributed by atoms with Gasteiger partial charge < -0.3 is 0 Å². The molecule has 0 atom stereocenters. The standard InChI is InChI=1S/Cr.K.Ni.4O/q;+1;+2;;;2*-1. The average Bonchev–Trinajstić information content (AvgIpc) is 0.722. The summed E-state index contributed by atoms with van der Waals surface area (Å²) in [5, 5.41) is 0. The Morgan fingerprint density at radius 2 is 1.14 bits per heavy atom. The third-order valence-electron chi connectivity index (χ3n) is 0. The molecule has 0 amide bonds. The van der Waals surface area contributed by atoms with E-state index in [4.69, 9.17) is 15.9 Å². The van der Waals surface area contributed by atoms with Crippen molar-refractivity contribution in [2.75, 3.05) is 0 Å². The Morgan fingerprint density at radius 3 is 1.14 bits per heavy atom. The minimum atomic E-state index is -5.75. The molecule has 0 unspecified atom stereocenters. The second-order valence-electron chi connectivity index (χ2n) is 0.408. The Morgan fingerprint density at radius 1 is 1.14 bits per heavy atom. The molecule has 4 nitrogen and oxygen atoms in total. The van der Waals surface area contributed by atoms with E-state index >= 15 is 0 Å². The fraction of sp³-hybridized carbons (Fsp3) is 0. The van der Waals surface area contributed by atoms with E-state index in [9.17, 15) is 0 Å². The van der Waals surface area contributed by atoms with Crippen LogP contribution in [0.25, 0.3) is 0 Å². The first-order chi connectivity index (χ1) is 2.00. The molecule has 0 aliphatic rings. The molecule has 0 heterocycles. The van der Waals surface area contributed by atoms with Gasteiger partial charge in [-0.15, -0.1) is 0 Å². The van der Waals surface area contributed by atoms with E-state index in [2.05, 4.69) is 0 Å². The molecular weight excluding hydrogens is 214 g/mol. The van der Waals surface area contributed by atoms with Crippen LogP contribution < -0.4 is 59.7 Å². The van der Waals surface area contributed by atoms with Crippen molar-refractivity contribution in [3.05, 3.63) is 0 Å². The summed E-state index contributed by atoms with van der Waals surface area (Å²) in [6, 6.07) is 0. The van der Waals surface area contributed by atoms with Crippen molar-refractivity contribution in [1.29, 1.82) is 0 Å². The molecule has 0 fully saturated rings. The fourth-order valence-corrected chi connectivity index (χ4v) is 0. The monoisotopic (exact) mass is 213 g/mol. The molecule has 0 saturated carbocycles. The van der Waals surface area contributed by atoms with Crippen LogP contribution in [0.3, 0.4) is 0 Å². The Hall–Kier alpha value is 2.18. The van der Waals surface area contributed by atoms with E-state index in [1.807, 2.05) is 0 Å². The van der Waals surface area contributed by atoms with E-state index in [0.29, 0.717) is 0 Å². The van der Waals surface area contributed by atoms with Gasteiger partial charge in [0.25, 0.3) is 0 Å². The van der Waals surface area contributed by atoms with Gasteiger partial charge in [0.15, 0.2) is 0 Å². The van der Waals surface area contributed by atoms with Crippen molar-refractivity contribution < 1.29 is 97.4 Å². The molecule has 40 valence electrons. The molecule has 0 aromatic rings. The van der Waals surface area contributed by atoms with Crippen LogP contribution in [-0.4, -0.2) is 0 Å². The van der Waals surface area contributed by atoms with Crippen molar-refractivity contribution in [1.82, 2.24) is 0 Å². The molecule has 0 N–H and O–H groups in total. The second kappa shape index (κ2) is 6.30. The van der Waals surface area contributed by atoms with Gasteiger partial charge in [-0.3, -0.25) is 0 Å². The van der Waals surface area contributed by atoms with Gasteiger partial charge in [0.05, 0.1) is 0 Å². The third kappa shape index (κ3) is 65.7. The van der Waals surface area contributed by atoms with E-state index in [1.54, 1.807) is 0 Å². The van der Waals surface area contributed by atoms with Crippen LogP contribution in [0.1, 0.15) is 0 Å². The van der Waals surface area contributed by atoms with E-state index in [-0.39, 0.29) is 67.9 Å². The summed E-state index contributed by atoms with van der Waals surface area (Å²) in [5.74, 6) is 0. The maximum atomic E-state index is 8.59. The summed E-state index contributed by atoms with van der Waals surface area (Å²) in [6.45, 7) is 0. The molecule has 0 aromatic carbocycles. The molecule has 0 radical (unpaired) electrons. The molecule has 7 heavy (non-hydrogen) atoms. The van der Waals surface area contributed by atoms with Gasteiger partial charge in [-0.1, -0.05) is 0 Å². The van der Waals surface area contributed by atoms with Crippen LogP contribution in [0.4, 0.5) is 0 Å². The van der Waals surface area contributed by atoms with Crippen LogP contribution >= 0.6 is 0 Å². The number of hydrogen-bond donors (Lipinski definition) is 0. The Bertz CT molecular complexity index is 94.9. The molecule has 0 aliphatic carbocycles. The number of hydrogen-bond acceptors (Lipinski definition) is 4. The Labute approximate surface area is 95.4 Å². The Kier molecular flexibility index (Phi) is 14.5. The zero-order valence-corrected chi connectivity index (χ0v) is 8.74. The summed E-state index contributed by atoms with van der Waals surface area (Å²) in [6.07, 6.45) is 0. The molecule has 0 rings (SSSR count). The fourth-order valence-electron chi connectivity index (χ4n) is 0. The van der Waals surface area contributed by atoms with Crippen molar-refractivity contribution >= 4 is 0 Å². The molecular formula is CrKNiO4+. The number of rotatable bonds is 0. The summed E-state index contributed by atoms with van der Waals surface area (Å²) >= 11 is -5.75. The SMILES string of the molecule is [K+].[Ni+2].[O]=[Cr](=[O])([O-])[O-]. The van der Waals surface area contributed by atoms with E-state index in [0.717, 1.165) is 0 Å². The summed E-state index contributed by atoms with van der Waals surface area (Å²) in [7, 11) is 0. The van der Waals surface area contributed by atoms with Crippen LogP contribution in [0.5, 0.6) is 0 Å². The van der Waals surface area contributed by atoms with Gasteiger partial charge in [-0.2, -0.15) is 0 Å². The predicted octanol–water partition coefficient (Wildman–Crippen LogP) is -5.62. The summed E-state index contributed by atoms with van der Waals surface area (Å²) < 4.78 is 34.4. The van der Waals surface area contributed by atoms with Gasteiger partial charge in [0, 0.05) is 0 Å². The quantitative estimate of drug-likeness (QED) is 0.376. The molecule has 0 spiro atoms. The van der Waals surface area contributed by atoms with Crippen molar-refractivity contribution in [2.24, 2.45) is 0 Å². The van der Waals surface area contributed by atoms with E-state index < -0.39 is 13.6 Å². The molecule has 0 aliphatic heterocycles. The molecule has 7 heteroatoms. The first-order valence-corrected chi connectivity index (χ1v) is 2.75. The zero-order chi connectivity index (χ0) is 4.50. The van der Waals surface area contributed by atoms with Gasteiger partial charge in [0.1, 0.15) is 0 Å². The average molecular weight is 214 g/mol. The van der Waals surface area contributed by atoms with Crippen molar-refractivity contribution in [3.8, 4) is 0 Å². The van der Waals surface area contributed by atoms with Gasteiger partial charge in [0.2, 0.25) is 0 Å². The maximum absolute atomic E-state index is 8.59.